The molecule has 84 heavy (non-hydrogen) atoms. The van der Waals surface area contributed by atoms with Gasteiger partial charge < -0.3 is 40.9 Å². The van der Waals surface area contributed by atoms with E-state index < -0.39 is 25.2 Å². The van der Waals surface area contributed by atoms with E-state index in [4.69, 9.17) is 0 Å². The van der Waals surface area contributed by atoms with Crippen LogP contribution in [0.3, 0.4) is 0 Å². The molecule has 17 unspecified atom stereocenters. The highest BCUT2D eigenvalue weighted by molar-refractivity contribution is 5.48. The highest BCUT2D eigenvalue weighted by Crippen LogP contribution is 2.52. The second-order valence-electron chi connectivity index (χ2n) is 27.8. The van der Waals surface area contributed by atoms with E-state index in [1.165, 1.54) is 61.3 Å². The second kappa shape index (κ2) is 25.2. The molecular formula is C76H90O8. The molecule has 13 rings (SSSR count). The van der Waals surface area contributed by atoms with Gasteiger partial charge in [0.2, 0.25) is 0 Å². The van der Waals surface area contributed by atoms with Crippen LogP contribution in [-0.4, -0.2) is 66.0 Å². The predicted octanol–water partition coefficient (Wildman–Crippen LogP) is 13.2. The summed E-state index contributed by atoms with van der Waals surface area (Å²) in [6.45, 7) is 0. The fraction of sp³-hybridized carbons (Fsp3) is 0.500. The Morgan fingerprint density at radius 3 is 0.988 bits per heavy atom. The van der Waals surface area contributed by atoms with Gasteiger partial charge in [0.25, 0.3) is 0 Å². The summed E-state index contributed by atoms with van der Waals surface area (Å²) in [5, 5.41) is 87.2. The summed E-state index contributed by atoms with van der Waals surface area (Å²) >= 11 is 0. The van der Waals surface area contributed by atoms with E-state index in [9.17, 15) is 40.9 Å². The first-order valence-corrected chi connectivity index (χ1v) is 32.4. The highest BCUT2D eigenvalue weighted by atomic mass is 16.5. The van der Waals surface area contributed by atoms with Crippen LogP contribution in [0, 0.1) is 101 Å². The Balaban J connectivity index is 0.801. The first kappa shape index (κ1) is 57.8. The third-order valence-corrected chi connectivity index (χ3v) is 22.7. The Morgan fingerprint density at radius 2 is 0.560 bits per heavy atom. The first-order chi connectivity index (χ1) is 40.8. The molecule has 0 aromatic carbocycles. The molecule has 8 heteroatoms. The molecule has 0 amide bonds. The van der Waals surface area contributed by atoms with Crippen LogP contribution in [0.4, 0.5) is 0 Å². The van der Waals surface area contributed by atoms with E-state index in [1.54, 1.807) is 0 Å². The van der Waals surface area contributed by atoms with Crippen molar-refractivity contribution in [2.75, 3.05) is 0 Å². The molecule has 8 N–H and O–H groups in total. The minimum absolute atomic E-state index is 0.136. The van der Waals surface area contributed by atoms with Crippen LogP contribution in [0.5, 0.6) is 0 Å². The lowest BCUT2D eigenvalue weighted by Gasteiger charge is -2.43. The van der Waals surface area contributed by atoms with Crippen LogP contribution in [0.25, 0.3) is 0 Å². The molecule has 0 aromatic heterocycles. The van der Waals surface area contributed by atoms with Crippen molar-refractivity contribution in [1.82, 2.24) is 0 Å². The maximum absolute atomic E-state index is 10.9. The third kappa shape index (κ3) is 12.6. The predicted molar refractivity (Wildman–Crippen MR) is 333 cm³/mol. The molecule has 13 aliphatic carbocycles. The zero-order valence-corrected chi connectivity index (χ0v) is 48.8. The quantitative estimate of drug-likeness (QED) is 0.102. The van der Waals surface area contributed by atoms with Gasteiger partial charge in [-0.2, -0.15) is 0 Å². The molecule has 0 saturated heterocycles. The lowest BCUT2D eigenvalue weighted by atomic mass is 9.63. The zero-order valence-electron chi connectivity index (χ0n) is 48.8. The van der Waals surface area contributed by atoms with Crippen LogP contribution in [0.1, 0.15) is 109 Å². The van der Waals surface area contributed by atoms with Crippen molar-refractivity contribution in [3.8, 4) is 0 Å². The van der Waals surface area contributed by atoms with Crippen molar-refractivity contribution in [2.24, 2.45) is 101 Å². The number of fused-ring (bicyclic) bond motifs is 33. The Labute approximate surface area is 498 Å². The zero-order chi connectivity index (χ0) is 57.6. The number of rotatable bonds is 4. The molecule has 0 spiro atoms. The summed E-state index contributed by atoms with van der Waals surface area (Å²) in [6.07, 6.45) is 70.4. The third-order valence-electron chi connectivity index (χ3n) is 22.7. The molecule has 17 atom stereocenters. The van der Waals surface area contributed by atoms with Crippen molar-refractivity contribution in [3.63, 3.8) is 0 Å². The van der Waals surface area contributed by atoms with Crippen molar-refractivity contribution in [2.45, 2.75) is 134 Å². The van der Waals surface area contributed by atoms with E-state index in [-0.39, 0.29) is 88.8 Å². The maximum Gasteiger partial charge on any atom is 0.154 e. The van der Waals surface area contributed by atoms with Gasteiger partial charge in [-0.05, 0) is 213 Å². The van der Waals surface area contributed by atoms with E-state index in [0.717, 1.165) is 77.0 Å². The summed E-state index contributed by atoms with van der Waals surface area (Å²) in [5.74, 6) is 1.77. The largest absolute Gasteiger partial charge is 0.368 e. The number of hydrogen-bond donors (Lipinski definition) is 8. The van der Waals surface area contributed by atoms with Crippen LogP contribution in [-0.2, 0) is 0 Å². The van der Waals surface area contributed by atoms with Gasteiger partial charge >= 0.3 is 0 Å². The summed E-state index contributed by atoms with van der Waals surface area (Å²) in [6, 6.07) is 0. The van der Waals surface area contributed by atoms with Gasteiger partial charge in [-0.3, -0.25) is 0 Å². The molecule has 0 radical (unpaired) electrons. The number of aliphatic hydroxyl groups excluding tert-OH is 4. The molecule has 442 valence electrons. The molecular weight excluding hydrogens is 1040 g/mol. The van der Waals surface area contributed by atoms with E-state index >= 15 is 0 Å². The molecule has 13 aliphatic rings. The smallest absolute Gasteiger partial charge is 0.154 e. The minimum atomic E-state index is -1.41. The van der Waals surface area contributed by atoms with Crippen molar-refractivity contribution >= 4 is 0 Å². The lowest BCUT2D eigenvalue weighted by Crippen LogP contribution is -2.36. The van der Waals surface area contributed by atoms with E-state index in [2.05, 4.69) is 164 Å². The van der Waals surface area contributed by atoms with Gasteiger partial charge in [-0.25, -0.2) is 0 Å². The highest BCUT2D eigenvalue weighted by Gasteiger charge is 2.42. The lowest BCUT2D eigenvalue weighted by molar-refractivity contribution is -0.109. The first-order valence-electron chi connectivity index (χ1n) is 32.4. The van der Waals surface area contributed by atoms with Crippen molar-refractivity contribution in [3.05, 3.63) is 225 Å². The van der Waals surface area contributed by atoms with Gasteiger partial charge in [-0.15, -0.1) is 0 Å². The normalized spacial score (nSPS) is 38.1. The molecule has 8 nitrogen and oxygen atoms in total. The Kier molecular flexibility index (Phi) is 17.4. The van der Waals surface area contributed by atoms with Crippen molar-refractivity contribution < 1.29 is 40.9 Å². The number of hydrogen-bond acceptors (Lipinski definition) is 8. The summed E-state index contributed by atoms with van der Waals surface area (Å²) in [5.41, 5.74) is 14.5. The average molecular weight is 1130 g/mol. The topological polar surface area (TPSA) is 162 Å². The summed E-state index contributed by atoms with van der Waals surface area (Å²) < 4.78 is 0. The number of allylic oxidation sites excluding steroid dienone is 38. The van der Waals surface area contributed by atoms with E-state index in [1.807, 2.05) is 0 Å². The van der Waals surface area contributed by atoms with Gasteiger partial charge in [0.05, 0.1) is 0 Å². The van der Waals surface area contributed by atoms with E-state index in [0.29, 0.717) is 43.9 Å². The van der Waals surface area contributed by atoms with Gasteiger partial charge in [0.1, 0.15) is 0 Å². The Hall–Kier alpha value is -5.26. The summed E-state index contributed by atoms with van der Waals surface area (Å²) in [4.78, 5) is 0. The summed E-state index contributed by atoms with van der Waals surface area (Å²) in [7, 11) is 0. The maximum atomic E-state index is 10.9. The van der Waals surface area contributed by atoms with Crippen molar-refractivity contribution in [1.29, 1.82) is 0 Å². The Morgan fingerprint density at radius 1 is 0.238 bits per heavy atom. The minimum Gasteiger partial charge on any atom is -0.368 e. The monoisotopic (exact) mass is 1130 g/mol. The van der Waals surface area contributed by atoms with Gasteiger partial charge in [-0.1, -0.05) is 181 Å². The number of aliphatic hydroxyl groups is 8. The fourth-order valence-electron chi connectivity index (χ4n) is 18.0. The van der Waals surface area contributed by atoms with Gasteiger partial charge in [0, 0.05) is 41.4 Å². The van der Waals surface area contributed by atoms with Crippen LogP contribution in [0.2, 0.25) is 0 Å². The van der Waals surface area contributed by atoms with Crippen LogP contribution >= 0.6 is 0 Å². The Bertz CT molecular complexity index is 3140. The van der Waals surface area contributed by atoms with Crippen LogP contribution in [0.15, 0.2) is 225 Å². The molecule has 0 heterocycles. The standard InChI is InChI=1S/C76H90O8/c77-73(78)69-37-61-33-62(38-69)55-19-3-11-47(27-55)48-12-4-21-57(28-48)65-35-66(42-71(41-65)75(81)82)59-23-7-15-51(31-59)52-16-8-24-60(32-52)68-36-67(43-72(44-68)76(83)84)58-22-6-14-50(30-58)49-13-5-20-56(29-49)64-34-63(39-70(40-64)74(79)80)54-18-2-10-46(26-54)45-9-1-17-53(61)25-45/h1-24,33-35,45,54-60,62-63,65,67-84H,25-32,36-44H2. The molecule has 0 aliphatic heterocycles. The van der Waals surface area contributed by atoms with Crippen LogP contribution < -0.4 is 0 Å². The van der Waals surface area contributed by atoms with Gasteiger partial charge in [0.15, 0.2) is 25.2 Å². The molecule has 1 saturated carbocycles. The SMILES string of the molecule is OC(O)C1CC2=CC(C1)C1C=CC=C(C1)C1=CC=CC(C1)C1C=C(CC(C(O)O)C1)C1C=CC=C(C1)C1=CC=CC(C1)C1CC(C(O)O)CC(C1)C1C=CC=C(C1)C1=CC=CC(C1)C1=CC(CC(C(O)O)C1)C1C=CC=C(C1)C1C=CC=C2C1. The molecule has 1 fully saturated rings. The molecule has 24 bridgehead atoms. The molecule has 0 aromatic rings. The fourth-order valence-corrected chi connectivity index (χ4v) is 18.0. The average Bonchev–Trinajstić information content (AvgIpc) is 3.58. The second-order valence-corrected chi connectivity index (χ2v) is 27.8.